The van der Waals surface area contributed by atoms with Crippen molar-refractivity contribution in [3.63, 3.8) is 0 Å². The standard InChI is InChI=1S/C19H20N2O/c1-16-20-12-14-21(16)13-7-15-22-19-11-6-5-10-18(19)17-8-3-2-4-9-17/h2-6,8-12,14H,7,13,15H2,1H3. The number of benzene rings is 2. The lowest BCUT2D eigenvalue weighted by Gasteiger charge is -2.12. The Balaban J connectivity index is 1.62. The lowest BCUT2D eigenvalue weighted by molar-refractivity contribution is 0.302. The van der Waals surface area contributed by atoms with Gasteiger partial charge in [0.05, 0.1) is 6.61 Å². The van der Waals surface area contributed by atoms with Crippen molar-refractivity contribution >= 4 is 0 Å². The first-order valence-corrected chi connectivity index (χ1v) is 7.59. The molecule has 0 fully saturated rings. The summed E-state index contributed by atoms with van der Waals surface area (Å²) in [5, 5.41) is 0. The van der Waals surface area contributed by atoms with Gasteiger partial charge in [-0.25, -0.2) is 4.98 Å². The zero-order chi connectivity index (χ0) is 15.2. The van der Waals surface area contributed by atoms with E-state index in [0.29, 0.717) is 6.61 Å². The van der Waals surface area contributed by atoms with Crippen LogP contribution in [0.3, 0.4) is 0 Å². The van der Waals surface area contributed by atoms with Gasteiger partial charge in [-0.15, -0.1) is 0 Å². The third kappa shape index (κ3) is 3.37. The highest BCUT2D eigenvalue weighted by Gasteiger charge is 2.05. The zero-order valence-corrected chi connectivity index (χ0v) is 12.8. The molecule has 1 heterocycles. The van der Waals surface area contributed by atoms with Gasteiger partial charge in [0.1, 0.15) is 11.6 Å². The van der Waals surface area contributed by atoms with E-state index in [1.165, 1.54) is 5.56 Å². The molecule has 0 amide bonds. The summed E-state index contributed by atoms with van der Waals surface area (Å²) in [5.74, 6) is 1.99. The molecular weight excluding hydrogens is 272 g/mol. The molecule has 0 saturated heterocycles. The van der Waals surface area contributed by atoms with Crippen LogP contribution >= 0.6 is 0 Å². The normalized spacial score (nSPS) is 10.6. The quantitative estimate of drug-likeness (QED) is 0.632. The molecule has 22 heavy (non-hydrogen) atoms. The van der Waals surface area contributed by atoms with Gasteiger partial charge < -0.3 is 9.30 Å². The molecule has 0 N–H and O–H groups in total. The third-order valence-corrected chi connectivity index (χ3v) is 3.70. The van der Waals surface area contributed by atoms with E-state index >= 15 is 0 Å². The lowest BCUT2D eigenvalue weighted by Crippen LogP contribution is -2.05. The van der Waals surface area contributed by atoms with E-state index in [4.69, 9.17) is 4.74 Å². The molecule has 0 unspecified atom stereocenters. The summed E-state index contributed by atoms with van der Waals surface area (Å²) in [6.07, 6.45) is 4.80. The van der Waals surface area contributed by atoms with Crippen molar-refractivity contribution in [1.29, 1.82) is 0 Å². The molecule has 3 heteroatoms. The van der Waals surface area contributed by atoms with Crippen molar-refractivity contribution < 1.29 is 4.74 Å². The molecule has 0 spiro atoms. The van der Waals surface area contributed by atoms with Gasteiger partial charge in [-0.3, -0.25) is 0 Å². The van der Waals surface area contributed by atoms with Crippen molar-refractivity contribution in [2.24, 2.45) is 0 Å². The van der Waals surface area contributed by atoms with Crippen LogP contribution in [0.15, 0.2) is 67.0 Å². The maximum absolute atomic E-state index is 6.00. The van der Waals surface area contributed by atoms with Gasteiger partial charge in [-0.2, -0.15) is 0 Å². The Kier molecular flexibility index (Phi) is 4.54. The highest BCUT2D eigenvalue weighted by atomic mass is 16.5. The fraction of sp³-hybridized carbons (Fsp3) is 0.211. The molecule has 0 atom stereocenters. The van der Waals surface area contributed by atoms with Gasteiger partial charge in [-0.05, 0) is 25.0 Å². The van der Waals surface area contributed by atoms with Gasteiger partial charge in [0, 0.05) is 24.5 Å². The predicted molar refractivity (Wildman–Crippen MR) is 89.0 cm³/mol. The molecule has 0 bridgehead atoms. The summed E-state index contributed by atoms with van der Waals surface area (Å²) >= 11 is 0. The van der Waals surface area contributed by atoms with E-state index in [1.54, 1.807) is 0 Å². The van der Waals surface area contributed by atoms with Crippen LogP contribution in [0.1, 0.15) is 12.2 Å². The minimum absolute atomic E-state index is 0.696. The van der Waals surface area contributed by atoms with E-state index < -0.39 is 0 Å². The average molecular weight is 292 g/mol. The fourth-order valence-corrected chi connectivity index (χ4v) is 2.51. The maximum atomic E-state index is 6.00. The van der Waals surface area contributed by atoms with Crippen molar-refractivity contribution in [3.05, 3.63) is 72.8 Å². The Morgan fingerprint density at radius 2 is 1.77 bits per heavy atom. The van der Waals surface area contributed by atoms with Gasteiger partial charge in [0.25, 0.3) is 0 Å². The molecule has 1 aromatic heterocycles. The Labute approximate surface area is 131 Å². The van der Waals surface area contributed by atoms with E-state index in [2.05, 4.69) is 27.8 Å². The summed E-state index contributed by atoms with van der Waals surface area (Å²) in [5.41, 5.74) is 2.32. The van der Waals surface area contributed by atoms with Crippen LogP contribution < -0.4 is 4.74 Å². The Bertz CT molecular complexity index is 719. The van der Waals surface area contributed by atoms with Crippen LogP contribution in [0.2, 0.25) is 0 Å². The molecule has 0 aliphatic carbocycles. The molecular formula is C19H20N2O. The number of imidazole rings is 1. The van der Waals surface area contributed by atoms with Crippen molar-refractivity contribution in [2.75, 3.05) is 6.61 Å². The van der Waals surface area contributed by atoms with Gasteiger partial charge in [0.2, 0.25) is 0 Å². The summed E-state index contributed by atoms with van der Waals surface area (Å²) in [6, 6.07) is 18.5. The average Bonchev–Trinajstić information content (AvgIpc) is 2.98. The first kappa shape index (κ1) is 14.4. The predicted octanol–water partition coefficient (Wildman–Crippen LogP) is 4.33. The van der Waals surface area contributed by atoms with E-state index in [0.717, 1.165) is 30.1 Å². The highest BCUT2D eigenvalue weighted by molar-refractivity contribution is 5.70. The highest BCUT2D eigenvalue weighted by Crippen LogP contribution is 2.29. The minimum atomic E-state index is 0.696. The minimum Gasteiger partial charge on any atom is -0.493 e. The second-order valence-corrected chi connectivity index (χ2v) is 5.23. The number of aryl methyl sites for hydroxylation is 2. The lowest BCUT2D eigenvalue weighted by atomic mass is 10.1. The molecule has 0 radical (unpaired) electrons. The summed E-state index contributed by atoms with van der Waals surface area (Å²) in [6.45, 7) is 3.65. The van der Waals surface area contributed by atoms with Crippen molar-refractivity contribution in [1.82, 2.24) is 9.55 Å². The molecule has 112 valence electrons. The first-order valence-electron chi connectivity index (χ1n) is 7.59. The zero-order valence-electron chi connectivity index (χ0n) is 12.8. The van der Waals surface area contributed by atoms with E-state index in [-0.39, 0.29) is 0 Å². The van der Waals surface area contributed by atoms with E-state index in [1.807, 2.05) is 55.7 Å². The summed E-state index contributed by atoms with van der Waals surface area (Å²) < 4.78 is 8.14. The van der Waals surface area contributed by atoms with Crippen molar-refractivity contribution in [3.8, 4) is 16.9 Å². The number of aromatic nitrogens is 2. The maximum Gasteiger partial charge on any atom is 0.127 e. The molecule has 0 saturated carbocycles. The number of rotatable bonds is 6. The largest absolute Gasteiger partial charge is 0.493 e. The van der Waals surface area contributed by atoms with Crippen LogP contribution in [-0.4, -0.2) is 16.2 Å². The molecule has 0 aliphatic heterocycles. The van der Waals surface area contributed by atoms with Gasteiger partial charge >= 0.3 is 0 Å². The molecule has 0 aliphatic rings. The Morgan fingerprint density at radius 1 is 1.00 bits per heavy atom. The molecule has 3 nitrogen and oxygen atoms in total. The Morgan fingerprint density at radius 3 is 2.55 bits per heavy atom. The SMILES string of the molecule is Cc1nccn1CCCOc1ccccc1-c1ccccc1. The monoisotopic (exact) mass is 292 g/mol. The molecule has 2 aromatic carbocycles. The van der Waals surface area contributed by atoms with Crippen molar-refractivity contribution in [2.45, 2.75) is 19.9 Å². The van der Waals surface area contributed by atoms with Crippen LogP contribution in [0.4, 0.5) is 0 Å². The molecule has 3 aromatic rings. The van der Waals surface area contributed by atoms with Gasteiger partial charge in [-0.1, -0.05) is 48.5 Å². The van der Waals surface area contributed by atoms with Crippen LogP contribution in [-0.2, 0) is 6.54 Å². The summed E-state index contributed by atoms with van der Waals surface area (Å²) in [7, 11) is 0. The van der Waals surface area contributed by atoms with Gasteiger partial charge in [0.15, 0.2) is 0 Å². The third-order valence-electron chi connectivity index (χ3n) is 3.70. The van der Waals surface area contributed by atoms with Crippen LogP contribution in [0, 0.1) is 6.92 Å². The topological polar surface area (TPSA) is 27.1 Å². The molecule has 3 rings (SSSR count). The smallest absolute Gasteiger partial charge is 0.127 e. The van der Waals surface area contributed by atoms with E-state index in [9.17, 15) is 0 Å². The first-order chi connectivity index (χ1) is 10.8. The number of hydrogen-bond acceptors (Lipinski definition) is 2. The number of nitrogens with zero attached hydrogens (tertiary/aromatic N) is 2. The second-order valence-electron chi connectivity index (χ2n) is 5.23. The number of para-hydroxylation sites is 1. The second kappa shape index (κ2) is 6.94. The number of ether oxygens (including phenoxy) is 1. The Hall–Kier alpha value is -2.55. The number of hydrogen-bond donors (Lipinski definition) is 0. The van der Waals surface area contributed by atoms with Crippen LogP contribution in [0.5, 0.6) is 5.75 Å². The van der Waals surface area contributed by atoms with Crippen LogP contribution in [0.25, 0.3) is 11.1 Å². The summed E-state index contributed by atoms with van der Waals surface area (Å²) in [4.78, 5) is 4.23. The fourth-order valence-electron chi connectivity index (χ4n) is 2.51.